The highest BCUT2D eigenvalue weighted by Gasteiger charge is 2.32. The molecule has 2 aromatic rings. The van der Waals surface area contributed by atoms with Gasteiger partial charge in [-0.05, 0) is 48.2 Å². The molecule has 136 valence electrons. The van der Waals surface area contributed by atoms with Crippen LogP contribution in [0.5, 0.6) is 11.5 Å². The molecule has 2 heterocycles. The van der Waals surface area contributed by atoms with Gasteiger partial charge in [-0.1, -0.05) is 31.5 Å². The van der Waals surface area contributed by atoms with Crippen molar-refractivity contribution in [2.45, 2.75) is 31.6 Å². The number of rotatable bonds is 5. The van der Waals surface area contributed by atoms with E-state index >= 15 is 0 Å². The normalized spacial score (nSPS) is 18.3. The molecule has 0 aliphatic carbocycles. The van der Waals surface area contributed by atoms with Gasteiger partial charge in [-0.2, -0.15) is 0 Å². The first-order valence-electron chi connectivity index (χ1n) is 9.17. The molecule has 0 spiro atoms. The number of hydrogen-bond donors (Lipinski definition) is 0. The average Bonchev–Trinajstić information content (AvgIpc) is 3.34. The van der Waals surface area contributed by atoms with E-state index in [9.17, 15) is 4.79 Å². The van der Waals surface area contributed by atoms with E-state index in [-0.39, 0.29) is 18.1 Å². The minimum absolute atomic E-state index is 0.0248. The lowest BCUT2D eigenvalue weighted by atomic mass is 10.1. The van der Waals surface area contributed by atoms with Crippen LogP contribution in [-0.2, 0) is 6.42 Å². The Kier molecular flexibility index (Phi) is 5.07. The smallest absolute Gasteiger partial charge is 0.255 e. The molecule has 5 heteroatoms. The number of carbonyl (C=O) groups excluding carboxylic acids is 1. The lowest BCUT2D eigenvalue weighted by molar-refractivity contribution is 0.0760. The van der Waals surface area contributed by atoms with Gasteiger partial charge in [0.25, 0.3) is 5.91 Å². The zero-order valence-electron chi connectivity index (χ0n) is 14.9. The Balaban J connectivity index is 1.51. The summed E-state index contributed by atoms with van der Waals surface area (Å²) in [6.07, 6.45) is 3.44. The Morgan fingerprint density at radius 3 is 2.77 bits per heavy atom. The fourth-order valence-electron chi connectivity index (χ4n) is 3.38. The number of ether oxygens (including phenoxy) is 2. The maximum atomic E-state index is 13.0. The summed E-state index contributed by atoms with van der Waals surface area (Å²) in [6, 6.07) is 14.1. The molecular formula is C21H23NO3S. The number of amides is 1. The molecule has 0 radical (unpaired) electrons. The second-order valence-corrected chi connectivity index (χ2v) is 7.82. The third kappa shape index (κ3) is 3.40. The van der Waals surface area contributed by atoms with Crippen molar-refractivity contribution in [3.05, 3.63) is 59.2 Å². The van der Waals surface area contributed by atoms with Gasteiger partial charge in [-0.3, -0.25) is 4.79 Å². The van der Waals surface area contributed by atoms with Crippen molar-refractivity contribution in [1.29, 1.82) is 0 Å². The summed E-state index contributed by atoms with van der Waals surface area (Å²) < 4.78 is 10.9. The van der Waals surface area contributed by atoms with Crippen molar-refractivity contribution >= 4 is 17.7 Å². The Bertz CT molecular complexity index is 790. The first-order chi connectivity index (χ1) is 12.8. The van der Waals surface area contributed by atoms with Crippen LogP contribution in [0.2, 0.25) is 0 Å². The second-order valence-electron chi connectivity index (χ2n) is 6.63. The topological polar surface area (TPSA) is 38.8 Å². The lowest BCUT2D eigenvalue weighted by Crippen LogP contribution is -2.30. The molecule has 0 aromatic heterocycles. The molecule has 26 heavy (non-hydrogen) atoms. The Hall–Kier alpha value is -2.14. The standard InChI is InChI=1S/C21H23NO3S/c1-2-3-4-15-5-7-16(8-6-15)20(23)22-11-12-26-21(22)17-9-10-18-19(13-17)25-14-24-18/h5-10,13,21H,2-4,11-12,14H2,1H3/t21-/m1/s1. The van der Waals surface area contributed by atoms with Crippen LogP contribution in [0.3, 0.4) is 0 Å². The van der Waals surface area contributed by atoms with Gasteiger partial charge in [0.1, 0.15) is 5.37 Å². The number of thioether (sulfide) groups is 1. The first kappa shape index (κ1) is 17.3. The number of hydrogen-bond acceptors (Lipinski definition) is 4. The molecule has 4 rings (SSSR count). The van der Waals surface area contributed by atoms with Gasteiger partial charge in [-0.25, -0.2) is 0 Å². The molecular weight excluding hydrogens is 346 g/mol. The largest absolute Gasteiger partial charge is 0.454 e. The summed E-state index contributed by atoms with van der Waals surface area (Å²) in [5.41, 5.74) is 3.15. The van der Waals surface area contributed by atoms with E-state index < -0.39 is 0 Å². The van der Waals surface area contributed by atoms with Crippen molar-refractivity contribution in [1.82, 2.24) is 4.90 Å². The minimum Gasteiger partial charge on any atom is -0.454 e. The molecule has 1 amide bonds. The summed E-state index contributed by atoms with van der Waals surface area (Å²) in [4.78, 5) is 15.0. The summed E-state index contributed by atoms with van der Waals surface area (Å²) in [6.45, 7) is 3.23. The number of aryl methyl sites for hydroxylation is 1. The van der Waals surface area contributed by atoms with E-state index in [0.29, 0.717) is 0 Å². The zero-order valence-corrected chi connectivity index (χ0v) is 15.8. The number of carbonyl (C=O) groups is 1. The van der Waals surface area contributed by atoms with Crippen molar-refractivity contribution in [3.8, 4) is 11.5 Å². The van der Waals surface area contributed by atoms with Crippen LogP contribution in [0.15, 0.2) is 42.5 Å². The van der Waals surface area contributed by atoms with Crippen LogP contribution in [0.1, 0.15) is 46.6 Å². The molecule has 4 nitrogen and oxygen atoms in total. The minimum atomic E-state index is 0.0248. The van der Waals surface area contributed by atoms with Crippen LogP contribution in [-0.4, -0.2) is 29.9 Å². The number of nitrogens with zero attached hydrogens (tertiary/aromatic N) is 1. The molecule has 1 saturated heterocycles. The molecule has 2 aliphatic heterocycles. The van der Waals surface area contributed by atoms with Gasteiger partial charge in [0.2, 0.25) is 6.79 Å². The van der Waals surface area contributed by atoms with Gasteiger partial charge < -0.3 is 14.4 Å². The van der Waals surface area contributed by atoms with Crippen molar-refractivity contribution < 1.29 is 14.3 Å². The van der Waals surface area contributed by atoms with E-state index in [2.05, 4.69) is 19.1 Å². The SMILES string of the molecule is CCCCc1ccc(C(=O)N2CCS[C@@H]2c2ccc3c(c2)OCO3)cc1. The Morgan fingerprint density at radius 2 is 1.96 bits per heavy atom. The maximum Gasteiger partial charge on any atom is 0.255 e. The molecule has 0 bridgehead atoms. The maximum absolute atomic E-state index is 13.0. The zero-order chi connectivity index (χ0) is 17.9. The van der Waals surface area contributed by atoms with Crippen LogP contribution in [0, 0.1) is 0 Å². The fraction of sp³-hybridized carbons (Fsp3) is 0.381. The third-order valence-corrected chi connectivity index (χ3v) is 6.11. The average molecular weight is 369 g/mol. The van der Waals surface area contributed by atoms with Crippen LogP contribution < -0.4 is 9.47 Å². The Labute approximate surface area is 158 Å². The molecule has 2 aliphatic rings. The van der Waals surface area contributed by atoms with E-state index in [1.54, 1.807) is 11.8 Å². The van der Waals surface area contributed by atoms with Crippen LogP contribution in [0.4, 0.5) is 0 Å². The highest BCUT2D eigenvalue weighted by molar-refractivity contribution is 7.99. The second kappa shape index (κ2) is 7.62. The highest BCUT2D eigenvalue weighted by atomic mass is 32.2. The lowest BCUT2D eigenvalue weighted by Gasteiger charge is -2.24. The predicted molar refractivity (Wildman–Crippen MR) is 104 cm³/mol. The summed E-state index contributed by atoms with van der Waals surface area (Å²) in [7, 11) is 0. The number of benzene rings is 2. The van der Waals surface area contributed by atoms with Gasteiger partial charge in [-0.15, -0.1) is 11.8 Å². The fourth-order valence-corrected chi connectivity index (χ4v) is 4.63. The van der Waals surface area contributed by atoms with E-state index in [0.717, 1.165) is 41.3 Å². The van der Waals surface area contributed by atoms with E-state index in [1.165, 1.54) is 18.4 Å². The van der Waals surface area contributed by atoms with Crippen molar-refractivity contribution in [3.63, 3.8) is 0 Å². The summed E-state index contributed by atoms with van der Waals surface area (Å²) in [5, 5.41) is 0.0248. The molecule has 0 saturated carbocycles. The molecule has 2 aromatic carbocycles. The summed E-state index contributed by atoms with van der Waals surface area (Å²) >= 11 is 1.79. The van der Waals surface area contributed by atoms with E-state index in [1.807, 2.05) is 35.2 Å². The first-order valence-corrected chi connectivity index (χ1v) is 10.2. The van der Waals surface area contributed by atoms with Crippen molar-refractivity contribution in [2.24, 2.45) is 0 Å². The molecule has 1 atom stereocenters. The molecule has 0 N–H and O–H groups in total. The monoisotopic (exact) mass is 369 g/mol. The van der Waals surface area contributed by atoms with E-state index in [4.69, 9.17) is 9.47 Å². The van der Waals surface area contributed by atoms with Gasteiger partial charge in [0.05, 0.1) is 0 Å². The quantitative estimate of drug-likeness (QED) is 0.769. The summed E-state index contributed by atoms with van der Waals surface area (Å²) in [5.74, 6) is 2.58. The van der Waals surface area contributed by atoms with Gasteiger partial charge in [0.15, 0.2) is 11.5 Å². The Morgan fingerprint density at radius 1 is 1.15 bits per heavy atom. The molecule has 0 unspecified atom stereocenters. The highest BCUT2D eigenvalue weighted by Crippen LogP contribution is 2.42. The van der Waals surface area contributed by atoms with Crippen LogP contribution in [0.25, 0.3) is 0 Å². The molecule has 1 fully saturated rings. The van der Waals surface area contributed by atoms with Crippen LogP contribution >= 0.6 is 11.8 Å². The number of unbranched alkanes of at least 4 members (excludes halogenated alkanes) is 1. The van der Waals surface area contributed by atoms with Gasteiger partial charge in [0, 0.05) is 17.9 Å². The number of fused-ring (bicyclic) bond motifs is 1. The van der Waals surface area contributed by atoms with Gasteiger partial charge >= 0.3 is 0 Å². The predicted octanol–water partition coefficient (Wildman–Crippen LogP) is 4.65. The third-order valence-electron chi connectivity index (χ3n) is 4.85. The van der Waals surface area contributed by atoms with Crippen molar-refractivity contribution in [2.75, 3.05) is 19.1 Å².